The van der Waals surface area contributed by atoms with E-state index in [0.29, 0.717) is 26.1 Å². The van der Waals surface area contributed by atoms with Crippen molar-refractivity contribution in [3.05, 3.63) is 29.8 Å². The molecule has 2 aliphatic rings. The lowest BCUT2D eigenvalue weighted by molar-refractivity contribution is -0.139. The first-order valence-corrected chi connectivity index (χ1v) is 9.31. The molecule has 0 bridgehead atoms. The van der Waals surface area contributed by atoms with Gasteiger partial charge in [0.05, 0.1) is 11.5 Å². The Labute approximate surface area is 169 Å². The van der Waals surface area contributed by atoms with E-state index in [0.717, 1.165) is 19.5 Å². The molecular weight excluding hydrogens is 392 g/mol. The minimum Gasteiger partial charge on any atom is -0.434 e. The Hall–Kier alpha value is -1.93. The van der Waals surface area contributed by atoms with Gasteiger partial charge in [-0.2, -0.15) is 8.78 Å². The van der Waals surface area contributed by atoms with Crippen LogP contribution in [0.5, 0.6) is 5.75 Å². The molecule has 0 saturated carbocycles. The maximum atomic E-state index is 12.9. The second kappa shape index (κ2) is 10.0. The predicted octanol–water partition coefficient (Wildman–Crippen LogP) is 2.38. The summed E-state index contributed by atoms with van der Waals surface area (Å²) in [6.45, 7) is 2.01. The van der Waals surface area contributed by atoms with Crippen molar-refractivity contribution in [2.45, 2.75) is 32.4 Å². The van der Waals surface area contributed by atoms with Gasteiger partial charge in [-0.1, -0.05) is 12.1 Å². The van der Waals surface area contributed by atoms with Gasteiger partial charge in [0.25, 0.3) is 5.91 Å². The second-order valence-corrected chi connectivity index (χ2v) is 7.05. The molecule has 156 valence electrons. The van der Waals surface area contributed by atoms with Gasteiger partial charge in [0, 0.05) is 38.8 Å². The number of nitrogens with one attached hydrogen (secondary N) is 1. The standard InChI is InChI=1S/C19H25F2N3O3.ClH/c1-13-11-22-8-10-24(13)17(25)14-5-4-9-23(12-14)18(26)15-6-2-3-7-16(15)27-19(20)21;/h2-3,6-7,13-14,19,22H,4-5,8-12H2,1H3;1H. The van der Waals surface area contributed by atoms with Gasteiger partial charge in [0.1, 0.15) is 5.75 Å². The summed E-state index contributed by atoms with van der Waals surface area (Å²) in [5.74, 6) is -0.705. The number of piperazine rings is 1. The van der Waals surface area contributed by atoms with Gasteiger partial charge in [0.2, 0.25) is 5.91 Å². The molecule has 1 aromatic carbocycles. The number of ether oxygens (including phenoxy) is 1. The van der Waals surface area contributed by atoms with Gasteiger partial charge in [-0.15, -0.1) is 12.4 Å². The Morgan fingerprint density at radius 2 is 2.00 bits per heavy atom. The van der Waals surface area contributed by atoms with Crippen LogP contribution in [0.25, 0.3) is 0 Å². The molecule has 3 rings (SSSR count). The van der Waals surface area contributed by atoms with Gasteiger partial charge in [-0.05, 0) is 31.9 Å². The first kappa shape index (κ1) is 22.4. The van der Waals surface area contributed by atoms with Gasteiger partial charge in [0.15, 0.2) is 0 Å². The molecule has 0 aliphatic carbocycles. The topological polar surface area (TPSA) is 61.9 Å². The number of para-hydroxylation sites is 1. The van der Waals surface area contributed by atoms with Crippen LogP contribution in [0.15, 0.2) is 24.3 Å². The predicted molar refractivity (Wildman–Crippen MR) is 103 cm³/mol. The summed E-state index contributed by atoms with van der Waals surface area (Å²) in [4.78, 5) is 29.2. The summed E-state index contributed by atoms with van der Waals surface area (Å²) in [5.41, 5.74) is 0.0986. The monoisotopic (exact) mass is 417 g/mol. The van der Waals surface area contributed by atoms with Crippen molar-refractivity contribution in [1.29, 1.82) is 0 Å². The Bertz CT molecular complexity index is 692. The molecule has 2 atom stereocenters. The van der Waals surface area contributed by atoms with Crippen LogP contribution in [0.4, 0.5) is 8.78 Å². The number of likely N-dealkylation sites (tertiary alicyclic amines) is 1. The van der Waals surface area contributed by atoms with Crippen LogP contribution in [-0.4, -0.2) is 67.0 Å². The number of carbonyl (C=O) groups excluding carboxylic acids is 2. The lowest BCUT2D eigenvalue weighted by Crippen LogP contribution is -2.55. The maximum absolute atomic E-state index is 12.9. The number of rotatable bonds is 4. The van der Waals surface area contributed by atoms with Crippen LogP contribution >= 0.6 is 12.4 Å². The van der Waals surface area contributed by atoms with E-state index >= 15 is 0 Å². The van der Waals surface area contributed by atoms with Crippen molar-refractivity contribution in [3.63, 3.8) is 0 Å². The highest BCUT2D eigenvalue weighted by atomic mass is 35.5. The Morgan fingerprint density at radius 3 is 2.71 bits per heavy atom. The average molecular weight is 418 g/mol. The first-order chi connectivity index (χ1) is 13.0. The molecule has 2 saturated heterocycles. The van der Waals surface area contributed by atoms with E-state index in [-0.39, 0.29) is 47.5 Å². The molecule has 0 radical (unpaired) electrons. The molecule has 1 aromatic rings. The molecule has 2 heterocycles. The summed E-state index contributed by atoms with van der Waals surface area (Å²) in [7, 11) is 0. The molecule has 2 aliphatic heterocycles. The van der Waals surface area contributed by atoms with Crippen LogP contribution < -0.4 is 10.1 Å². The zero-order chi connectivity index (χ0) is 19.4. The molecule has 0 aromatic heterocycles. The highest BCUT2D eigenvalue weighted by Crippen LogP contribution is 2.26. The summed E-state index contributed by atoms with van der Waals surface area (Å²) >= 11 is 0. The highest BCUT2D eigenvalue weighted by molar-refractivity contribution is 5.97. The van der Waals surface area contributed by atoms with E-state index < -0.39 is 6.61 Å². The van der Waals surface area contributed by atoms with Crippen LogP contribution in [-0.2, 0) is 4.79 Å². The lowest BCUT2D eigenvalue weighted by atomic mass is 9.95. The minimum atomic E-state index is -3.00. The molecule has 1 N–H and O–H groups in total. The zero-order valence-corrected chi connectivity index (χ0v) is 16.6. The molecule has 2 amide bonds. The number of alkyl halides is 2. The third-order valence-electron chi connectivity index (χ3n) is 5.18. The summed E-state index contributed by atoms with van der Waals surface area (Å²) in [6, 6.07) is 6.11. The van der Waals surface area contributed by atoms with E-state index in [2.05, 4.69) is 10.1 Å². The molecule has 9 heteroatoms. The SMILES string of the molecule is CC1CNCCN1C(=O)C1CCCN(C(=O)c2ccccc2OC(F)F)C1.Cl. The Balaban J connectivity index is 0.00000280. The van der Waals surface area contributed by atoms with Gasteiger partial charge < -0.3 is 19.9 Å². The number of piperidine rings is 1. The van der Waals surface area contributed by atoms with Crippen molar-refractivity contribution in [2.75, 3.05) is 32.7 Å². The molecule has 0 spiro atoms. The van der Waals surface area contributed by atoms with Crippen LogP contribution in [0.2, 0.25) is 0 Å². The van der Waals surface area contributed by atoms with Gasteiger partial charge in [-0.25, -0.2) is 0 Å². The van der Waals surface area contributed by atoms with E-state index in [4.69, 9.17) is 0 Å². The van der Waals surface area contributed by atoms with Crippen molar-refractivity contribution in [3.8, 4) is 5.75 Å². The van der Waals surface area contributed by atoms with Crippen molar-refractivity contribution < 1.29 is 23.1 Å². The quantitative estimate of drug-likeness (QED) is 0.817. The number of nitrogens with zero attached hydrogens (tertiary/aromatic N) is 2. The number of amides is 2. The highest BCUT2D eigenvalue weighted by Gasteiger charge is 2.34. The lowest BCUT2D eigenvalue weighted by Gasteiger charge is -2.39. The molecule has 2 fully saturated rings. The summed E-state index contributed by atoms with van der Waals surface area (Å²) in [6.07, 6.45) is 1.44. The average Bonchev–Trinajstić information content (AvgIpc) is 2.67. The molecule has 6 nitrogen and oxygen atoms in total. The maximum Gasteiger partial charge on any atom is 0.387 e. The van der Waals surface area contributed by atoms with Crippen LogP contribution in [0.3, 0.4) is 0 Å². The molecule has 28 heavy (non-hydrogen) atoms. The number of benzene rings is 1. The Morgan fingerprint density at radius 1 is 1.25 bits per heavy atom. The van der Waals surface area contributed by atoms with Gasteiger partial charge >= 0.3 is 6.61 Å². The zero-order valence-electron chi connectivity index (χ0n) is 15.8. The third-order valence-corrected chi connectivity index (χ3v) is 5.18. The van der Waals surface area contributed by atoms with Crippen molar-refractivity contribution in [2.24, 2.45) is 5.92 Å². The van der Waals surface area contributed by atoms with E-state index in [1.807, 2.05) is 11.8 Å². The smallest absolute Gasteiger partial charge is 0.387 e. The summed E-state index contributed by atoms with van der Waals surface area (Å²) in [5, 5.41) is 3.26. The van der Waals surface area contributed by atoms with Crippen molar-refractivity contribution >= 4 is 24.2 Å². The number of hydrogen-bond donors (Lipinski definition) is 1. The second-order valence-electron chi connectivity index (χ2n) is 7.05. The molecule has 2 unspecified atom stereocenters. The van der Waals surface area contributed by atoms with Crippen molar-refractivity contribution in [1.82, 2.24) is 15.1 Å². The summed E-state index contributed by atoms with van der Waals surface area (Å²) < 4.78 is 29.7. The fourth-order valence-electron chi connectivity index (χ4n) is 3.78. The normalized spacial score (nSPS) is 22.6. The van der Waals surface area contributed by atoms with E-state index in [1.54, 1.807) is 17.0 Å². The third kappa shape index (κ3) is 5.11. The largest absolute Gasteiger partial charge is 0.434 e. The fraction of sp³-hybridized carbons (Fsp3) is 0.579. The van der Waals surface area contributed by atoms with Crippen LogP contribution in [0, 0.1) is 5.92 Å². The Kier molecular flexibility index (Phi) is 8.00. The molecular formula is C19H26ClF2N3O3. The van der Waals surface area contributed by atoms with E-state index in [1.165, 1.54) is 12.1 Å². The first-order valence-electron chi connectivity index (χ1n) is 9.31. The number of hydrogen-bond acceptors (Lipinski definition) is 4. The van der Waals surface area contributed by atoms with E-state index in [9.17, 15) is 18.4 Å². The number of carbonyl (C=O) groups is 2. The minimum absolute atomic E-state index is 0. The van der Waals surface area contributed by atoms with Crippen LogP contribution in [0.1, 0.15) is 30.1 Å². The number of halogens is 3. The fourth-order valence-corrected chi connectivity index (χ4v) is 3.78. The van der Waals surface area contributed by atoms with Gasteiger partial charge in [-0.3, -0.25) is 9.59 Å².